The van der Waals surface area contributed by atoms with Gasteiger partial charge in [0.2, 0.25) is 0 Å². The highest BCUT2D eigenvalue weighted by Crippen LogP contribution is 2.48. The predicted molar refractivity (Wildman–Crippen MR) is 169 cm³/mol. The van der Waals surface area contributed by atoms with Gasteiger partial charge in [0, 0.05) is 42.4 Å². The van der Waals surface area contributed by atoms with Crippen molar-refractivity contribution >= 4 is 16.8 Å². The Morgan fingerprint density at radius 3 is 2.61 bits per heavy atom. The van der Waals surface area contributed by atoms with E-state index in [2.05, 4.69) is 5.16 Å². The highest BCUT2D eigenvalue weighted by Gasteiger charge is 2.44. The van der Waals surface area contributed by atoms with Crippen LogP contribution in [-0.2, 0) is 11.2 Å². The summed E-state index contributed by atoms with van der Waals surface area (Å²) >= 11 is 0. The number of carbonyl (C=O) groups excluding carboxylic acids is 1. The van der Waals surface area contributed by atoms with Gasteiger partial charge in [-0.25, -0.2) is 8.78 Å². The lowest BCUT2D eigenvalue weighted by molar-refractivity contribution is 0.0639. The van der Waals surface area contributed by atoms with E-state index < -0.39 is 11.6 Å². The molecule has 8 nitrogen and oxygen atoms in total. The smallest absolute Gasteiger partial charge is 0.280 e. The van der Waals surface area contributed by atoms with Gasteiger partial charge in [-0.15, -0.1) is 0 Å². The number of H-pyrrole nitrogens is 1. The van der Waals surface area contributed by atoms with E-state index in [1.165, 1.54) is 12.1 Å². The number of aromatic nitrogens is 3. The summed E-state index contributed by atoms with van der Waals surface area (Å²) in [5.41, 5.74) is 5.65. The molecule has 5 aromatic rings. The number of nitrogens with zero attached hydrogens (tertiary/aromatic N) is 3. The van der Waals surface area contributed by atoms with Crippen LogP contribution in [0.1, 0.15) is 78.4 Å². The minimum Gasteiger partial charge on any atom is -0.381 e. The minimum absolute atomic E-state index is 0.0419. The van der Waals surface area contributed by atoms with Gasteiger partial charge in [0.25, 0.3) is 11.5 Å². The molecule has 0 spiro atoms. The lowest BCUT2D eigenvalue weighted by atomic mass is 9.87. The fourth-order valence-corrected chi connectivity index (χ4v) is 7.66. The quantitative estimate of drug-likeness (QED) is 0.207. The van der Waals surface area contributed by atoms with E-state index in [0.717, 1.165) is 84.8 Å². The number of nitrogens with one attached hydrogen (secondary N) is 1. The molecule has 0 unspecified atom stereocenters. The van der Waals surface area contributed by atoms with Crippen LogP contribution in [0.25, 0.3) is 33.4 Å². The van der Waals surface area contributed by atoms with E-state index in [1.807, 2.05) is 46.9 Å². The Kier molecular flexibility index (Phi) is 7.12. The molecule has 0 bridgehead atoms. The number of pyridine rings is 1. The van der Waals surface area contributed by atoms with E-state index in [0.29, 0.717) is 41.3 Å². The Balaban J connectivity index is 1.29. The number of fused-ring (bicyclic) bond motifs is 4. The number of benzene rings is 2. The number of ether oxygens (including phenoxy) is 1. The van der Waals surface area contributed by atoms with Gasteiger partial charge in [-0.2, -0.15) is 5.16 Å². The zero-order valence-electron chi connectivity index (χ0n) is 25.5. The zero-order chi connectivity index (χ0) is 31.5. The minimum atomic E-state index is -0.878. The van der Waals surface area contributed by atoms with E-state index in [9.17, 15) is 18.4 Å². The van der Waals surface area contributed by atoms with Crippen molar-refractivity contribution in [2.45, 2.75) is 57.5 Å². The van der Waals surface area contributed by atoms with Crippen LogP contribution in [0.5, 0.6) is 0 Å². The Morgan fingerprint density at radius 2 is 1.83 bits per heavy atom. The van der Waals surface area contributed by atoms with Crippen molar-refractivity contribution < 1.29 is 22.8 Å². The van der Waals surface area contributed by atoms with E-state index in [1.54, 1.807) is 6.07 Å². The average molecular weight is 625 g/mol. The summed E-state index contributed by atoms with van der Waals surface area (Å²) in [6.45, 7) is 4.15. The maximum absolute atomic E-state index is 14.1. The molecule has 0 aliphatic carbocycles. The third kappa shape index (κ3) is 4.78. The lowest BCUT2D eigenvalue weighted by Crippen LogP contribution is -2.22. The summed E-state index contributed by atoms with van der Waals surface area (Å²) in [5.74, 6) is -0.924. The fourth-order valence-electron chi connectivity index (χ4n) is 7.66. The van der Waals surface area contributed by atoms with Crippen molar-refractivity contribution in [2.75, 3.05) is 19.8 Å². The van der Waals surface area contributed by atoms with E-state index >= 15 is 0 Å². The Hall–Kier alpha value is -4.57. The second kappa shape index (κ2) is 11.3. The van der Waals surface area contributed by atoms with Crippen LogP contribution in [-0.4, -0.2) is 45.3 Å². The molecule has 0 radical (unpaired) electrons. The highest BCUT2D eigenvalue weighted by molar-refractivity contribution is 6.09. The number of halogens is 2. The van der Waals surface area contributed by atoms with Crippen LogP contribution < -0.4 is 5.56 Å². The van der Waals surface area contributed by atoms with Gasteiger partial charge in [-0.3, -0.25) is 14.6 Å². The molecule has 8 rings (SSSR count). The van der Waals surface area contributed by atoms with Crippen LogP contribution in [0, 0.1) is 17.6 Å². The molecule has 3 aromatic heterocycles. The normalized spacial score (nSPS) is 18.8. The summed E-state index contributed by atoms with van der Waals surface area (Å²) < 4.78 is 41.1. The first kappa shape index (κ1) is 28.9. The number of hydrogen-bond acceptors (Lipinski definition) is 5. The summed E-state index contributed by atoms with van der Waals surface area (Å²) in [6, 6.07) is 13.1. The van der Waals surface area contributed by atoms with Gasteiger partial charge in [-0.1, -0.05) is 12.1 Å². The summed E-state index contributed by atoms with van der Waals surface area (Å²) in [6.07, 6.45) is 7.34. The van der Waals surface area contributed by atoms with Crippen LogP contribution in [0.4, 0.5) is 8.78 Å². The molecule has 2 aromatic carbocycles. The Bertz CT molecular complexity index is 2040. The van der Waals surface area contributed by atoms with Crippen LogP contribution in [0.2, 0.25) is 0 Å². The molecule has 236 valence electrons. The molecule has 0 saturated carbocycles. The molecule has 3 aliphatic heterocycles. The van der Waals surface area contributed by atoms with Crippen molar-refractivity contribution in [3.8, 4) is 22.5 Å². The molecule has 10 heteroatoms. The number of amides is 1. The lowest BCUT2D eigenvalue weighted by Gasteiger charge is -2.23. The predicted octanol–water partition coefficient (Wildman–Crippen LogP) is 7.19. The number of aryl methyl sites for hydroxylation is 1. The molecule has 2 atom stereocenters. The number of aromatic amines is 1. The summed E-state index contributed by atoms with van der Waals surface area (Å²) in [5, 5.41) is 3.37. The Labute approximate surface area is 264 Å². The third-order valence-electron chi connectivity index (χ3n) is 10.1. The average Bonchev–Trinajstić information content (AvgIpc) is 3.87. The van der Waals surface area contributed by atoms with Gasteiger partial charge in [0.15, 0.2) is 17.4 Å². The van der Waals surface area contributed by atoms with Crippen molar-refractivity contribution in [3.63, 3.8) is 0 Å². The van der Waals surface area contributed by atoms with Crippen LogP contribution in [0.15, 0.2) is 64.0 Å². The second-order valence-corrected chi connectivity index (χ2v) is 12.7. The van der Waals surface area contributed by atoms with Crippen molar-refractivity contribution in [2.24, 2.45) is 5.92 Å². The Morgan fingerprint density at radius 1 is 0.978 bits per heavy atom. The summed E-state index contributed by atoms with van der Waals surface area (Å²) in [4.78, 5) is 33.6. The maximum atomic E-state index is 14.1. The monoisotopic (exact) mass is 624 g/mol. The molecular weight excluding hydrogens is 590 g/mol. The van der Waals surface area contributed by atoms with Crippen LogP contribution in [0.3, 0.4) is 0 Å². The van der Waals surface area contributed by atoms with Crippen LogP contribution >= 0.6 is 0 Å². The molecule has 46 heavy (non-hydrogen) atoms. The summed E-state index contributed by atoms with van der Waals surface area (Å²) in [7, 11) is 0. The fraction of sp³-hybridized carbons (Fsp3) is 0.361. The maximum Gasteiger partial charge on any atom is 0.280 e. The van der Waals surface area contributed by atoms with E-state index in [-0.39, 0.29) is 23.6 Å². The van der Waals surface area contributed by atoms with Crippen molar-refractivity contribution in [3.05, 3.63) is 99.2 Å². The van der Waals surface area contributed by atoms with Gasteiger partial charge in [0.05, 0.1) is 40.7 Å². The zero-order valence-corrected chi connectivity index (χ0v) is 25.5. The highest BCUT2D eigenvalue weighted by atomic mass is 19.2. The molecule has 1 amide bonds. The molecule has 2 saturated heterocycles. The standard InChI is InChI=1S/C36H34F2N4O4/c1-20(22-5-7-25(37)26(38)18-22)41-14-10-23-17-24(6-9-28(23)41)32-33(30-19-31(43)40-46-30)27(8-4-21-11-15-45-16-12-21)39-35-29-3-2-13-42(29)36(44)34(32)35/h5-7,9-10,14,17-21,29H,2-4,8,11-13,15-16H2,1H3,(H,40,43)/t20-,29-/m1/s1. The van der Waals surface area contributed by atoms with Gasteiger partial charge < -0.3 is 18.7 Å². The first-order valence-electron chi connectivity index (χ1n) is 16.1. The first-order chi connectivity index (χ1) is 22.4. The van der Waals surface area contributed by atoms with Gasteiger partial charge in [0.1, 0.15) is 0 Å². The largest absolute Gasteiger partial charge is 0.381 e. The van der Waals surface area contributed by atoms with E-state index in [4.69, 9.17) is 14.2 Å². The number of rotatable bonds is 7. The molecular formula is C36H34F2N4O4. The van der Waals surface area contributed by atoms with Gasteiger partial charge >= 0.3 is 0 Å². The third-order valence-corrected chi connectivity index (χ3v) is 10.1. The number of carbonyl (C=O) groups is 1. The molecule has 2 fully saturated rings. The molecule has 1 N–H and O–H groups in total. The molecule has 6 heterocycles. The van der Waals surface area contributed by atoms with Crippen molar-refractivity contribution in [1.29, 1.82) is 0 Å². The van der Waals surface area contributed by atoms with Crippen molar-refractivity contribution in [1.82, 2.24) is 19.6 Å². The van der Waals surface area contributed by atoms with Gasteiger partial charge in [-0.05, 0) is 92.8 Å². The topological polar surface area (TPSA) is 93.4 Å². The molecule has 3 aliphatic rings. The SMILES string of the molecule is C[C@H](c1ccc(F)c(F)c1)n1ccc2cc(-c3c4c(nc(CCC5CCOCC5)c3-c3cc(=O)[nH]o3)[C@H]3CCCN3C4=O)ccc21. The second-order valence-electron chi connectivity index (χ2n) is 12.7. The number of hydrogen-bond donors (Lipinski definition) is 1. The first-order valence-corrected chi connectivity index (χ1v) is 16.1.